The molecule has 0 heterocycles. The van der Waals surface area contributed by atoms with Crippen LogP contribution in [-0.2, 0) is 33.6 Å². The summed E-state index contributed by atoms with van der Waals surface area (Å²) in [5, 5.41) is 30.2. The molecule has 0 radical (unpaired) electrons. The molecular formula is C28H52N10O9. The number of nitrogens with one attached hydrogen (secondary N) is 5. The first-order chi connectivity index (χ1) is 21.9. The molecule has 0 rings (SSSR count). The molecule has 5 amide bonds. The van der Waals surface area contributed by atoms with Gasteiger partial charge in [0.1, 0.15) is 30.2 Å². The summed E-state index contributed by atoms with van der Waals surface area (Å²) in [6.07, 6.45) is 1.22. The number of carbonyl (C=O) groups is 7. The normalized spacial score (nSPS) is 14.7. The highest BCUT2D eigenvalue weighted by Gasteiger charge is 2.32. The summed E-state index contributed by atoms with van der Waals surface area (Å²) < 4.78 is 0. The van der Waals surface area contributed by atoms with Crippen molar-refractivity contribution >= 4 is 47.4 Å². The molecule has 0 aromatic rings. The van der Waals surface area contributed by atoms with Crippen LogP contribution in [0.25, 0.3) is 0 Å². The number of nitrogens with two attached hydrogens (primary N) is 4. The van der Waals surface area contributed by atoms with Crippen LogP contribution >= 0.6 is 0 Å². The predicted molar refractivity (Wildman–Crippen MR) is 171 cm³/mol. The summed E-state index contributed by atoms with van der Waals surface area (Å²) in [7, 11) is 0. The number of carboxylic acids is 2. The van der Waals surface area contributed by atoms with Crippen LogP contribution < -0.4 is 49.5 Å². The number of rotatable bonds is 23. The van der Waals surface area contributed by atoms with Gasteiger partial charge in [-0.05, 0) is 64.8 Å². The Hall–Kier alpha value is -4.52. The Morgan fingerprint density at radius 3 is 1.72 bits per heavy atom. The zero-order valence-electron chi connectivity index (χ0n) is 27.4. The van der Waals surface area contributed by atoms with Crippen molar-refractivity contribution in [3.05, 3.63) is 0 Å². The van der Waals surface area contributed by atoms with Crippen LogP contribution in [0.2, 0.25) is 0 Å². The van der Waals surface area contributed by atoms with E-state index in [0.717, 1.165) is 6.92 Å². The molecule has 0 aromatic carbocycles. The second kappa shape index (κ2) is 22.1. The molecule has 0 unspecified atom stereocenters. The second-order valence-corrected chi connectivity index (χ2v) is 11.5. The SMILES string of the molecule is CC(C)C[C@H](NC(=O)[C@H](CCCCN)NC(=O)[C@@H](N)CCCN=C(N)N)C(=O)N[C@@H](C)C(=O)N[C@@H](CC(=O)O)C(=O)N[C@@H](C)C(=O)O. The van der Waals surface area contributed by atoms with Gasteiger partial charge >= 0.3 is 11.9 Å². The highest BCUT2D eigenvalue weighted by Crippen LogP contribution is 2.09. The van der Waals surface area contributed by atoms with E-state index in [1.54, 1.807) is 13.8 Å². The number of amides is 5. The average molecular weight is 673 g/mol. The Bertz CT molecular complexity index is 1110. The Labute approximate surface area is 273 Å². The van der Waals surface area contributed by atoms with Gasteiger partial charge in [-0.25, -0.2) is 0 Å². The van der Waals surface area contributed by atoms with Gasteiger partial charge < -0.3 is 59.7 Å². The molecule has 0 aliphatic heterocycles. The Balaban J connectivity index is 5.65. The molecule has 0 saturated heterocycles. The van der Waals surface area contributed by atoms with Gasteiger partial charge in [0.2, 0.25) is 29.5 Å². The molecule has 268 valence electrons. The number of nitrogens with zero attached hydrogens (tertiary/aromatic N) is 1. The molecule has 0 spiro atoms. The van der Waals surface area contributed by atoms with Crippen LogP contribution in [0.3, 0.4) is 0 Å². The van der Waals surface area contributed by atoms with Crippen LogP contribution in [0.1, 0.15) is 72.6 Å². The quantitative estimate of drug-likeness (QED) is 0.0286. The van der Waals surface area contributed by atoms with Crippen LogP contribution in [0.15, 0.2) is 4.99 Å². The Morgan fingerprint density at radius 1 is 0.660 bits per heavy atom. The molecule has 19 heteroatoms. The van der Waals surface area contributed by atoms with Crippen molar-refractivity contribution in [3.63, 3.8) is 0 Å². The molecular weight excluding hydrogens is 620 g/mol. The monoisotopic (exact) mass is 672 g/mol. The van der Waals surface area contributed by atoms with Crippen molar-refractivity contribution in [2.24, 2.45) is 33.8 Å². The molecule has 0 fully saturated rings. The number of hydrogen-bond donors (Lipinski definition) is 11. The topological polar surface area (TPSA) is 337 Å². The lowest BCUT2D eigenvalue weighted by atomic mass is 10.0. The van der Waals surface area contributed by atoms with E-state index in [2.05, 4.69) is 31.6 Å². The summed E-state index contributed by atoms with van der Waals surface area (Å²) in [6.45, 7) is 6.67. The molecule has 0 saturated carbocycles. The number of carbonyl (C=O) groups excluding carboxylic acids is 5. The zero-order chi connectivity index (χ0) is 36.3. The van der Waals surface area contributed by atoms with Gasteiger partial charge in [-0.15, -0.1) is 0 Å². The van der Waals surface area contributed by atoms with Gasteiger partial charge in [0.25, 0.3) is 0 Å². The largest absolute Gasteiger partial charge is 0.481 e. The van der Waals surface area contributed by atoms with Crippen molar-refractivity contribution < 1.29 is 43.8 Å². The van der Waals surface area contributed by atoms with Gasteiger partial charge in [0.05, 0.1) is 12.5 Å². The summed E-state index contributed by atoms with van der Waals surface area (Å²) in [5.74, 6) is -6.98. The van der Waals surface area contributed by atoms with Gasteiger partial charge in [-0.1, -0.05) is 13.8 Å². The fourth-order valence-electron chi connectivity index (χ4n) is 4.10. The lowest BCUT2D eigenvalue weighted by molar-refractivity contribution is -0.143. The first-order valence-corrected chi connectivity index (χ1v) is 15.4. The van der Waals surface area contributed by atoms with E-state index in [0.29, 0.717) is 25.8 Å². The van der Waals surface area contributed by atoms with Crippen molar-refractivity contribution in [2.45, 2.75) is 109 Å². The second-order valence-electron chi connectivity index (χ2n) is 11.5. The van der Waals surface area contributed by atoms with Crippen LogP contribution in [0.5, 0.6) is 0 Å². The number of carboxylic acid groups (broad SMARTS) is 2. The minimum atomic E-state index is -1.64. The molecule has 6 atom stereocenters. The molecule has 0 aliphatic carbocycles. The third kappa shape index (κ3) is 18.3. The molecule has 0 aromatic heterocycles. The minimum Gasteiger partial charge on any atom is -0.481 e. The predicted octanol–water partition coefficient (Wildman–Crippen LogP) is -3.43. The van der Waals surface area contributed by atoms with Crippen molar-refractivity contribution in [2.75, 3.05) is 13.1 Å². The number of unbranched alkanes of at least 4 members (excludes halogenated alkanes) is 1. The molecule has 47 heavy (non-hydrogen) atoms. The maximum Gasteiger partial charge on any atom is 0.325 e. The zero-order valence-corrected chi connectivity index (χ0v) is 27.4. The van der Waals surface area contributed by atoms with E-state index in [1.165, 1.54) is 6.92 Å². The van der Waals surface area contributed by atoms with E-state index in [9.17, 15) is 33.6 Å². The first-order valence-electron chi connectivity index (χ1n) is 15.4. The maximum absolute atomic E-state index is 13.4. The van der Waals surface area contributed by atoms with E-state index in [1.807, 2.05) is 0 Å². The third-order valence-corrected chi connectivity index (χ3v) is 6.72. The number of guanidine groups is 1. The van der Waals surface area contributed by atoms with Gasteiger partial charge in [-0.2, -0.15) is 0 Å². The molecule has 0 bridgehead atoms. The Morgan fingerprint density at radius 2 is 1.19 bits per heavy atom. The average Bonchev–Trinajstić information content (AvgIpc) is 2.96. The van der Waals surface area contributed by atoms with E-state index < -0.39 is 84.1 Å². The molecule has 19 nitrogen and oxygen atoms in total. The maximum atomic E-state index is 13.4. The lowest BCUT2D eigenvalue weighted by Gasteiger charge is -2.26. The summed E-state index contributed by atoms with van der Waals surface area (Å²) in [6, 6.07) is -7.44. The van der Waals surface area contributed by atoms with Gasteiger partial charge in [-0.3, -0.25) is 38.6 Å². The van der Waals surface area contributed by atoms with E-state index in [4.69, 9.17) is 33.1 Å². The van der Waals surface area contributed by atoms with E-state index >= 15 is 0 Å². The van der Waals surface area contributed by atoms with Gasteiger partial charge in [0.15, 0.2) is 5.96 Å². The summed E-state index contributed by atoms with van der Waals surface area (Å²) in [4.78, 5) is 90.9. The molecule has 15 N–H and O–H groups in total. The molecule has 0 aliphatic rings. The van der Waals surface area contributed by atoms with Crippen molar-refractivity contribution in [1.82, 2.24) is 26.6 Å². The number of aliphatic carboxylic acids is 2. The van der Waals surface area contributed by atoms with Crippen molar-refractivity contribution in [1.29, 1.82) is 0 Å². The highest BCUT2D eigenvalue weighted by molar-refractivity contribution is 5.97. The fraction of sp³-hybridized carbons (Fsp3) is 0.714. The van der Waals surface area contributed by atoms with Crippen LogP contribution in [0, 0.1) is 5.92 Å². The first kappa shape index (κ1) is 42.5. The fourth-order valence-corrected chi connectivity index (χ4v) is 4.10. The smallest absolute Gasteiger partial charge is 0.325 e. The minimum absolute atomic E-state index is 0.0906. The van der Waals surface area contributed by atoms with Crippen LogP contribution in [-0.4, -0.2) is 107 Å². The summed E-state index contributed by atoms with van der Waals surface area (Å²) >= 11 is 0. The standard InChI is InChI=1S/C28H52N10O9/c1-14(2)12-19(25(44)34-15(3)22(41)37-20(13-21(39)40)26(45)35-16(4)27(46)47)38-24(43)18(9-5-6-10-29)36-23(42)17(30)8-7-11-33-28(31)32/h14-20H,5-13,29-30H2,1-4H3,(H,34,44)(H,35,45)(H,36,42)(H,37,41)(H,38,43)(H,39,40)(H,46,47)(H4,31,32,33)/t15-,16-,17-,18-,19-,20-/m0/s1. The number of aliphatic imine (C=N–C) groups is 1. The van der Waals surface area contributed by atoms with E-state index in [-0.39, 0.29) is 37.7 Å². The third-order valence-electron chi connectivity index (χ3n) is 6.72. The van der Waals surface area contributed by atoms with Gasteiger partial charge in [0, 0.05) is 6.54 Å². The number of hydrogen-bond acceptors (Lipinski definition) is 10. The Kier molecular flexibility index (Phi) is 20.0. The van der Waals surface area contributed by atoms with Crippen LogP contribution in [0.4, 0.5) is 0 Å². The highest BCUT2D eigenvalue weighted by atomic mass is 16.4. The lowest BCUT2D eigenvalue weighted by Crippen LogP contribution is -2.59. The van der Waals surface area contributed by atoms with Crippen molar-refractivity contribution in [3.8, 4) is 0 Å². The summed E-state index contributed by atoms with van der Waals surface area (Å²) in [5.41, 5.74) is 22.2.